The number of hydrogen-bond donors (Lipinski definition) is 1. The van der Waals surface area contributed by atoms with Crippen molar-refractivity contribution in [2.24, 2.45) is 5.92 Å². The van der Waals surface area contributed by atoms with E-state index in [1.165, 1.54) is 6.20 Å². The van der Waals surface area contributed by atoms with Gasteiger partial charge in [-0.3, -0.25) is 10.00 Å². The van der Waals surface area contributed by atoms with Crippen molar-refractivity contribution in [3.63, 3.8) is 0 Å². The van der Waals surface area contributed by atoms with Gasteiger partial charge >= 0.3 is 12.7 Å². The highest BCUT2D eigenvalue weighted by Crippen LogP contribution is 2.35. The number of rotatable bonds is 8. The summed E-state index contributed by atoms with van der Waals surface area (Å²) in [6.45, 7) is 3.38. The average Bonchev–Trinajstić information content (AvgIpc) is 3.09. The van der Waals surface area contributed by atoms with Gasteiger partial charge in [0.15, 0.2) is 0 Å². The predicted molar refractivity (Wildman–Crippen MR) is 116 cm³/mol. The van der Waals surface area contributed by atoms with E-state index in [1.54, 1.807) is 25.5 Å². The molecule has 1 aliphatic rings. The van der Waals surface area contributed by atoms with Gasteiger partial charge in [-0.2, -0.15) is 8.78 Å². The Kier molecular flexibility index (Phi) is 8.06. The first-order chi connectivity index (χ1) is 15.2. The van der Waals surface area contributed by atoms with Gasteiger partial charge in [0.2, 0.25) is 0 Å². The molecule has 0 bridgehead atoms. The Bertz CT molecular complexity index is 860. The van der Waals surface area contributed by atoms with Crippen molar-refractivity contribution >= 4 is 11.8 Å². The minimum atomic E-state index is -3.05. The minimum Gasteiger partial charge on any atom is -0.444 e. The molecule has 0 radical (unpaired) electrons. The van der Waals surface area contributed by atoms with Gasteiger partial charge in [0.05, 0.1) is 18.8 Å². The first kappa shape index (κ1) is 24.0. The molecule has 1 saturated carbocycles. The van der Waals surface area contributed by atoms with Crippen LogP contribution in [0.3, 0.4) is 0 Å². The van der Waals surface area contributed by atoms with Crippen molar-refractivity contribution in [1.82, 2.24) is 9.78 Å². The lowest BCUT2D eigenvalue weighted by Gasteiger charge is -2.28. The van der Waals surface area contributed by atoms with Crippen molar-refractivity contribution in [2.75, 3.05) is 11.9 Å². The molecule has 32 heavy (non-hydrogen) atoms. The second-order valence-corrected chi connectivity index (χ2v) is 9.01. The molecule has 1 N–H and O–H groups in total. The van der Waals surface area contributed by atoms with E-state index < -0.39 is 18.3 Å². The Morgan fingerprint density at radius 2 is 1.88 bits per heavy atom. The van der Waals surface area contributed by atoms with E-state index in [2.05, 4.69) is 15.2 Å². The fourth-order valence-electron chi connectivity index (χ4n) is 3.73. The molecule has 0 atom stereocenters. The Hall–Kier alpha value is -2.68. The van der Waals surface area contributed by atoms with E-state index in [9.17, 15) is 13.6 Å². The van der Waals surface area contributed by atoms with Gasteiger partial charge in [-0.05, 0) is 57.9 Å². The summed E-state index contributed by atoms with van der Waals surface area (Å²) in [6, 6.07) is 10.1. The van der Waals surface area contributed by atoms with Crippen LogP contribution in [0.1, 0.15) is 58.1 Å². The molecule has 0 unspecified atom stereocenters. The molecule has 0 spiro atoms. The topological polar surface area (TPSA) is 74.6 Å². The molecule has 0 aliphatic heterocycles. The molecule has 1 amide bonds. The molecule has 1 aromatic heterocycles. The summed E-state index contributed by atoms with van der Waals surface area (Å²) in [5.74, 6) is 0.126. The standard InChI is InChI=1S/C23H31F2N3O4/c1-23(2,3)32-22(29)26-19-13-28(27-20(19)31-21(24)25)18-11-9-17(10-12-18)15-30-14-16-7-5-4-6-8-16/h4-8,13,17-18,21H,9-12,14-15H2,1-3H3,(H,26,29)/t17-,18-. The maximum Gasteiger partial charge on any atom is 0.412 e. The molecule has 7 nitrogen and oxygen atoms in total. The molecule has 3 rings (SSSR count). The highest BCUT2D eigenvalue weighted by Gasteiger charge is 2.26. The number of carbonyl (C=O) groups excluding carboxylic acids is 1. The van der Waals surface area contributed by atoms with Crippen LogP contribution in [0.5, 0.6) is 5.88 Å². The molecule has 1 fully saturated rings. The lowest BCUT2D eigenvalue weighted by Crippen LogP contribution is -2.27. The smallest absolute Gasteiger partial charge is 0.412 e. The Balaban J connectivity index is 1.54. The number of alkyl halides is 2. The third kappa shape index (κ3) is 7.47. The normalized spacial score (nSPS) is 19.1. The number of benzene rings is 1. The van der Waals surface area contributed by atoms with Crippen LogP contribution in [0.15, 0.2) is 36.5 Å². The lowest BCUT2D eigenvalue weighted by molar-refractivity contribution is -0.0530. The van der Waals surface area contributed by atoms with Crippen molar-refractivity contribution in [2.45, 2.75) is 71.3 Å². The SMILES string of the molecule is CC(C)(C)OC(=O)Nc1cn([C@H]2CC[C@H](COCc3ccccc3)CC2)nc1OC(F)F. The molecule has 1 heterocycles. The fourth-order valence-corrected chi connectivity index (χ4v) is 3.73. The monoisotopic (exact) mass is 451 g/mol. The number of aromatic nitrogens is 2. The van der Waals surface area contributed by atoms with Crippen molar-refractivity contribution < 1.29 is 27.8 Å². The van der Waals surface area contributed by atoms with Gasteiger partial charge < -0.3 is 14.2 Å². The van der Waals surface area contributed by atoms with Crippen LogP contribution in [-0.2, 0) is 16.1 Å². The number of nitrogens with one attached hydrogen (secondary N) is 1. The van der Waals surface area contributed by atoms with Crippen LogP contribution in [0.2, 0.25) is 0 Å². The average molecular weight is 452 g/mol. The van der Waals surface area contributed by atoms with E-state index in [1.807, 2.05) is 30.3 Å². The molecular formula is C23H31F2N3O4. The number of anilines is 1. The largest absolute Gasteiger partial charge is 0.444 e. The molecule has 176 valence electrons. The maximum atomic E-state index is 12.8. The van der Waals surface area contributed by atoms with E-state index in [4.69, 9.17) is 9.47 Å². The summed E-state index contributed by atoms with van der Waals surface area (Å²) in [5, 5.41) is 6.62. The number of halogens is 2. The van der Waals surface area contributed by atoms with Gasteiger partial charge in [0, 0.05) is 6.61 Å². The molecule has 9 heteroatoms. The van der Waals surface area contributed by atoms with Gasteiger partial charge in [0.25, 0.3) is 5.88 Å². The summed E-state index contributed by atoms with van der Waals surface area (Å²) in [6.07, 6.45) is 4.33. The minimum absolute atomic E-state index is 0.0367. The first-order valence-corrected chi connectivity index (χ1v) is 10.9. The molecule has 2 aromatic rings. The fraction of sp³-hybridized carbons (Fsp3) is 0.565. The summed E-state index contributed by atoms with van der Waals surface area (Å²) in [5.41, 5.74) is 0.493. The number of hydrogen-bond acceptors (Lipinski definition) is 5. The van der Waals surface area contributed by atoms with Gasteiger partial charge in [-0.1, -0.05) is 30.3 Å². The van der Waals surface area contributed by atoms with E-state index >= 15 is 0 Å². The second-order valence-electron chi connectivity index (χ2n) is 9.01. The highest BCUT2D eigenvalue weighted by molar-refractivity contribution is 5.86. The molecular weight excluding hydrogens is 420 g/mol. The predicted octanol–water partition coefficient (Wildman–Crippen LogP) is 5.78. The molecule has 1 aromatic carbocycles. The van der Waals surface area contributed by atoms with Crippen LogP contribution < -0.4 is 10.1 Å². The second kappa shape index (κ2) is 10.8. The zero-order valence-electron chi connectivity index (χ0n) is 18.7. The zero-order valence-corrected chi connectivity index (χ0v) is 18.7. The van der Waals surface area contributed by atoms with Crippen LogP contribution in [-0.4, -0.2) is 34.7 Å². The Labute approximate surface area is 187 Å². The third-order valence-electron chi connectivity index (χ3n) is 5.19. The summed E-state index contributed by atoms with van der Waals surface area (Å²) in [7, 11) is 0. The van der Waals surface area contributed by atoms with E-state index in [0.717, 1.165) is 31.2 Å². The van der Waals surface area contributed by atoms with E-state index in [-0.39, 0.29) is 17.6 Å². The van der Waals surface area contributed by atoms with Crippen LogP contribution in [0, 0.1) is 5.92 Å². The van der Waals surface area contributed by atoms with Crippen molar-refractivity contribution in [3.8, 4) is 5.88 Å². The highest BCUT2D eigenvalue weighted by atomic mass is 19.3. The van der Waals surface area contributed by atoms with Crippen molar-refractivity contribution in [3.05, 3.63) is 42.1 Å². The number of amides is 1. The molecule has 0 saturated heterocycles. The van der Waals surface area contributed by atoms with Crippen molar-refractivity contribution in [1.29, 1.82) is 0 Å². The first-order valence-electron chi connectivity index (χ1n) is 10.9. The summed E-state index contributed by atoms with van der Waals surface area (Å²) < 4.78 is 42.8. The quantitative estimate of drug-likeness (QED) is 0.551. The summed E-state index contributed by atoms with van der Waals surface area (Å²) in [4.78, 5) is 12.1. The zero-order chi connectivity index (χ0) is 23.1. The van der Waals surface area contributed by atoms with Crippen LogP contribution in [0.25, 0.3) is 0 Å². The third-order valence-corrected chi connectivity index (χ3v) is 5.19. The van der Waals surface area contributed by atoms with Crippen LogP contribution in [0.4, 0.5) is 19.3 Å². The van der Waals surface area contributed by atoms with Crippen LogP contribution >= 0.6 is 0 Å². The summed E-state index contributed by atoms with van der Waals surface area (Å²) >= 11 is 0. The lowest BCUT2D eigenvalue weighted by atomic mass is 9.86. The Morgan fingerprint density at radius 1 is 1.19 bits per heavy atom. The number of nitrogens with zero attached hydrogens (tertiary/aromatic N) is 2. The molecule has 1 aliphatic carbocycles. The Morgan fingerprint density at radius 3 is 2.50 bits per heavy atom. The van der Waals surface area contributed by atoms with Gasteiger partial charge in [-0.15, -0.1) is 5.10 Å². The van der Waals surface area contributed by atoms with E-state index in [0.29, 0.717) is 19.1 Å². The maximum absolute atomic E-state index is 12.8. The van der Waals surface area contributed by atoms with Gasteiger partial charge in [0.1, 0.15) is 11.3 Å². The van der Waals surface area contributed by atoms with Gasteiger partial charge in [-0.25, -0.2) is 4.79 Å². The number of carbonyl (C=O) groups is 1. The number of ether oxygens (including phenoxy) is 3.